The van der Waals surface area contributed by atoms with E-state index in [9.17, 15) is 4.79 Å². The highest BCUT2D eigenvalue weighted by atomic mass is 16.6. The molecule has 1 heterocycles. The van der Waals surface area contributed by atoms with E-state index in [1.807, 2.05) is 11.8 Å². The van der Waals surface area contributed by atoms with Crippen LogP contribution in [0.2, 0.25) is 0 Å². The van der Waals surface area contributed by atoms with Gasteiger partial charge in [0.1, 0.15) is 0 Å². The molecule has 2 aliphatic rings. The lowest BCUT2D eigenvalue weighted by molar-refractivity contribution is 0.0643. The van der Waals surface area contributed by atoms with E-state index in [0.717, 1.165) is 38.6 Å². The average Bonchev–Trinajstić information content (AvgIpc) is 2.90. The van der Waals surface area contributed by atoms with Gasteiger partial charge in [-0.1, -0.05) is 19.8 Å². The van der Waals surface area contributed by atoms with Crippen LogP contribution in [-0.2, 0) is 4.74 Å². The average molecular weight is 240 g/mol. The van der Waals surface area contributed by atoms with Crippen molar-refractivity contribution in [2.75, 3.05) is 32.8 Å². The molecule has 0 spiro atoms. The van der Waals surface area contributed by atoms with Crippen LogP contribution >= 0.6 is 0 Å². The van der Waals surface area contributed by atoms with Gasteiger partial charge in [0.2, 0.25) is 0 Å². The molecule has 1 amide bonds. The van der Waals surface area contributed by atoms with Crippen LogP contribution in [0.5, 0.6) is 0 Å². The highest BCUT2D eigenvalue weighted by Gasteiger charge is 2.28. The third-order valence-corrected chi connectivity index (χ3v) is 3.84. The molecule has 1 saturated heterocycles. The molecule has 4 nitrogen and oxygen atoms in total. The maximum absolute atomic E-state index is 11.7. The van der Waals surface area contributed by atoms with Gasteiger partial charge in [-0.05, 0) is 19.3 Å². The van der Waals surface area contributed by atoms with Gasteiger partial charge in [0.15, 0.2) is 0 Å². The molecule has 0 N–H and O–H groups in total. The van der Waals surface area contributed by atoms with E-state index in [2.05, 4.69) is 4.90 Å². The molecule has 98 valence electrons. The molecule has 1 aliphatic carbocycles. The van der Waals surface area contributed by atoms with Crippen molar-refractivity contribution in [2.24, 2.45) is 0 Å². The zero-order chi connectivity index (χ0) is 12.1. The Labute approximate surface area is 104 Å². The van der Waals surface area contributed by atoms with Crippen LogP contribution in [-0.4, -0.2) is 54.7 Å². The zero-order valence-electron chi connectivity index (χ0n) is 10.9. The molecule has 2 rings (SSSR count). The van der Waals surface area contributed by atoms with Gasteiger partial charge in [0, 0.05) is 32.2 Å². The Balaban J connectivity index is 1.71. The van der Waals surface area contributed by atoms with Gasteiger partial charge in [-0.15, -0.1) is 0 Å². The summed E-state index contributed by atoms with van der Waals surface area (Å²) < 4.78 is 5.16. The first-order chi connectivity index (χ1) is 8.31. The Kier molecular flexibility index (Phi) is 4.66. The fraction of sp³-hybridized carbons (Fsp3) is 0.923. The third kappa shape index (κ3) is 3.35. The summed E-state index contributed by atoms with van der Waals surface area (Å²) in [6, 6.07) is 0.781. The summed E-state index contributed by atoms with van der Waals surface area (Å²) >= 11 is 0. The van der Waals surface area contributed by atoms with Crippen LogP contribution in [0.15, 0.2) is 0 Å². The summed E-state index contributed by atoms with van der Waals surface area (Å²) in [5.74, 6) is 0. The lowest BCUT2D eigenvalue weighted by Gasteiger charge is -2.37. The summed E-state index contributed by atoms with van der Waals surface area (Å²) in [5.41, 5.74) is 0. The van der Waals surface area contributed by atoms with E-state index < -0.39 is 0 Å². The number of nitrogens with zero attached hydrogens (tertiary/aromatic N) is 2. The first-order valence-electron chi connectivity index (χ1n) is 6.97. The second-order valence-corrected chi connectivity index (χ2v) is 5.08. The Morgan fingerprint density at radius 1 is 1.18 bits per heavy atom. The number of hydrogen-bond acceptors (Lipinski definition) is 3. The minimum atomic E-state index is -0.127. The molecule has 17 heavy (non-hydrogen) atoms. The number of ether oxygens (including phenoxy) is 1. The van der Waals surface area contributed by atoms with Crippen molar-refractivity contribution in [1.82, 2.24) is 9.80 Å². The van der Waals surface area contributed by atoms with Gasteiger partial charge in [-0.25, -0.2) is 4.79 Å². The van der Waals surface area contributed by atoms with Crippen molar-refractivity contribution in [3.63, 3.8) is 0 Å². The van der Waals surface area contributed by atoms with Crippen LogP contribution in [0.3, 0.4) is 0 Å². The van der Waals surface area contributed by atoms with E-state index >= 15 is 0 Å². The van der Waals surface area contributed by atoms with Gasteiger partial charge in [0.25, 0.3) is 0 Å². The molecule has 0 aromatic rings. The lowest BCUT2D eigenvalue weighted by Crippen LogP contribution is -2.51. The van der Waals surface area contributed by atoms with Crippen LogP contribution in [0.1, 0.15) is 39.0 Å². The summed E-state index contributed by atoms with van der Waals surface area (Å²) in [6.07, 6.45) is 6.22. The fourth-order valence-corrected chi connectivity index (χ4v) is 2.82. The molecule has 4 heteroatoms. The molecule has 0 unspecified atom stereocenters. The maximum Gasteiger partial charge on any atom is 0.409 e. The minimum absolute atomic E-state index is 0.127. The standard InChI is InChI=1S/C13H24N2O2/c1-2-11-17-13(16)15-9-7-14(8-10-15)12-5-3-4-6-12/h12H,2-11H2,1H3. The largest absolute Gasteiger partial charge is 0.449 e. The Morgan fingerprint density at radius 2 is 1.82 bits per heavy atom. The Hall–Kier alpha value is -0.770. The topological polar surface area (TPSA) is 32.8 Å². The molecule has 0 atom stereocenters. The Bertz CT molecular complexity index is 244. The normalized spacial score (nSPS) is 23.0. The van der Waals surface area contributed by atoms with Crippen molar-refractivity contribution in [3.05, 3.63) is 0 Å². The van der Waals surface area contributed by atoms with Crippen molar-refractivity contribution >= 4 is 6.09 Å². The van der Waals surface area contributed by atoms with Crippen molar-refractivity contribution in [3.8, 4) is 0 Å². The molecule has 0 aromatic heterocycles. The summed E-state index contributed by atoms with van der Waals surface area (Å²) in [5, 5.41) is 0. The summed E-state index contributed by atoms with van der Waals surface area (Å²) in [7, 11) is 0. The van der Waals surface area contributed by atoms with Crippen molar-refractivity contribution < 1.29 is 9.53 Å². The summed E-state index contributed by atoms with van der Waals surface area (Å²) in [6.45, 7) is 6.27. The minimum Gasteiger partial charge on any atom is -0.449 e. The second kappa shape index (κ2) is 6.24. The molecule has 0 radical (unpaired) electrons. The number of piperazine rings is 1. The first-order valence-corrected chi connectivity index (χ1v) is 6.97. The zero-order valence-corrected chi connectivity index (χ0v) is 10.9. The predicted octanol–water partition coefficient (Wildman–Crippen LogP) is 2.09. The summed E-state index contributed by atoms with van der Waals surface area (Å²) in [4.78, 5) is 16.1. The molecule has 1 aliphatic heterocycles. The molecular formula is C13H24N2O2. The van der Waals surface area contributed by atoms with E-state index in [4.69, 9.17) is 4.74 Å². The number of carbonyl (C=O) groups excluding carboxylic acids is 1. The number of hydrogen-bond donors (Lipinski definition) is 0. The maximum atomic E-state index is 11.7. The Morgan fingerprint density at radius 3 is 2.41 bits per heavy atom. The number of amides is 1. The predicted molar refractivity (Wildman–Crippen MR) is 67.0 cm³/mol. The molecule has 2 fully saturated rings. The second-order valence-electron chi connectivity index (χ2n) is 5.08. The van der Waals surface area contributed by atoms with Gasteiger partial charge < -0.3 is 9.64 Å². The van der Waals surface area contributed by atoms with Gasteiger partial charge in [-0.2, -0.15) is 0 Å². The van der Waals surface area contributed by atoms with Crippen LogP contribution < -0.4 is 0 Å². The molecule has 1 saturated carbocycles. The van der Waals surface area contributed by atoms with E-state index in [1.165, 1.54) is 25.7 Å². The fourth-order valence-electron chi connectivity index (χ4n) is 2.82. The van der Waals surface area contributed by atoms with E-state index in [1.54, 1.807) is 0 Å². The monoisotopic (exact) mass is 240 g/mol. The van der Waals surface area contributed by atoms with Crippen LogP contribution in [0.25, 0.3) is 0 Å². The van der Waals surface area contributed by atoms with Gasteiger partial charge in [0.05, 0.1) is 6.61 Å². The molecule has 0 bridgehead atoms. The number of rotatable bonds is 3. The highest BCUT2D eigenvalue weighted by molar-refractivity contribution is 5.67. The van der Waals surface area contributed by atoms with Crippen molar-refractivity contribution in [1.29, 1.82) is 0 Å². The first kappa shape index (κ1) is 12.7. The third-order valence-electron chi connectivity index (χ3n) is 3.84. The van der Waals surface area contributed by atoms with Crippen LogP contribution in [0, 0.1) is 0 Å². The van der Waals surface area contributed by atoms with E-state index in [0.29, 0.717) is 6.61 Å². The SMILES string of the molecule is CCCOC(=O)N1CCN(C2CCCC2)CC1. The highest BCUT2D eigenvalue weighted by Crippen LogP contribution is 2.24. The molecular weight excluding hydrogens is 216 g/mol. The van der Waals surface area contributed by atoms with Gasteiger partial charge in [-0.3, -0.25) is 4.90 Å². The lowest BCUT2D eigenvalue weighted by atomic mass is 10.2. The smallest absolute Gasteiger partial charge is 0.409 e. The van der Waals surface area contributed by atoms with Gasteiger partial charge >= 0.3 is 6.09 Å². The quantitative estimate of drug-likeness (QED) is 0.757. The molecule has 0 aromatic carbocycles. The van der Waals surface area contributed by atoms with E-state index in [-0.39, 0.29) is 6.09 Å². The van der Waals surface area contributed by atoms with Crippen LogP contribution in [0.4, 0.5) is 4.79 Å². The number of carbonyl (C=O) groups is 1. The van der Waals surface area contributed by atoms with Crippen molar-refractivity contribution in [2.45, 2.75) is 45.1 Å².